The number of hydrogen-bond acceptors (Lipinski definition) is 8. The van der Waals surface area contributed by atoms with Crippen LogP contribution >= 0.6 is 11.8 Å². The molecule has 34 heavy (non-hydrogen) atoms. The predicted octanol–water partition coefficient (Wildman–Crippen LogP) is 3.94. The Bertz CT molecular complexity index is 1250. The second-order valence-electron chi connectivity index (χ2n) is 8.41. The van der Waals surface area contributed by atoms with Crippen LogP contribution in [0.4, 0.5) is 10.5 Å². The summed E-state index contributed by atoms with van der Waals surface area (Å²) in [6, 6.07) is 12.1. The van der Waals surface area contributed by atoms with Crippen molar-refractivity contribution in [1.82, 2.24) is 25.2 Å². The second kappa shape index (κ2) is 9.90. The van der Waals surface area contributed by atoms with Crippen LogP contribution in [0.1, 0.15) is 25.5 Å². The van der Waals surface area contributed by atoms with Gasteiger partial charge in [-0.15, -0.1) is 0 Å². The number of fused-ring (bicyclic) bond motifs is 1. The number of pyridine rings is 1. The first kappa shape index (κ1) is 22.5. The van der Waals surface area contributed by atoms with Crippen LogP contribution in [0.2, 0.25) is 0 Å². The zero-order valence-electron chi connectivity index (χ0n) is 19.0. The third-order valence-electron chi connectivity index (χ3n) is 6.13. The van der Waals surface area contributed by atoms with Crippen LogP contribution in [0.5, 0.6) is 0 Å². The molecule has 0 saturated carbocycles. The number of carbonyl (C=O) groups excluding carboxylic acids is 2. The normalized spacial score (nSPS) is 18.1. The van der Waals surface area contributed by atoms with Crippen molar-refractivity contribution in [2.45, 2.75) is 19.8 Å². The molecule has 174 valence electrons. The maximum atomic E-state index is 11.9. The number of anilines is 1. The molecule has 0 spiro atoms. The maximum Gasteiger partial charge on any atom is 0.290 e. The molecule has 9 heteroatoms. The number of aromatic nitrogens is 3. The highest BCUT2D eigenvalue weighted by molar-refractivity contribution is 8.18. The van der Waals surface area contributed by atoms with E-state index < -0.39 is 5.91 Å². The van der Waals surface area contributed by atoms with Gasteiger partial charge >= 0.3 is 0 Å². The van der Waals surface area contributed by atoms with E-state index >= 15 is 0 Å². The molecular weight excluding hydrogens is 448 g/mol. The fourth-order valence-corrected chi connectivity index (χ4v) is 4.91. The highest BCUT2D eigenvalue weighted by Gasteiger charge is 2.25. The van der Waals surface area contributed by atoms with E-state index in [9.17, 15) is 9.59 Å². The van der Waals surface area contributed by atoms with Gasteiger partial charge in [0.05, 0.1) is 21.8 Å². The van der Waals surface area contributed by atoms with Gasteiger partial charge in [-0.3, -0.25) is 19.8 Å². The molecular formula is C25H26N6O2S. The van der Waals surface area contributed by atoms with Gasteiger partial charge in [-0.2, -0.15) is 0 Å². The molecule has 8 nitrogen and oxygen atoms in total. The lowest BCUT2D eigenvalue weighted by atomic mass is 10.1. The van der Waals surface area contributed by atoms with Crippen LogP contribution in [-0.2, 0) is 4.79 Å². The number of amides is 2. The fraction of sp³-hybridized carbons (Fsp3) is 0.320. The van der Waals surface area contributed by atoms with Gasteiger partial charge in [-0.05, 0) is 55.1 Å². The molecule has 1 aromatic carbocycles. The summed E-state index contributed by atoms with van der Waals surface area (Å²) in [4.78, 5) is 42.2. The molecule has 2 fully saturated rings. The van der Waals surface area contributed by atoms with Crippen molar-refractivity contribution in [3.05, 3.63) is 53.3 Å². The first-order valence-corrected chi connectivity index (χ1v) is 12.4. The zero-order valence-corrected chi connectivity index (χ0v) is 19.8. The lowest BCUT2D eigenvalue weighted by Gasteiger charge is -2.36. The molecule has 1 N–H and O–H groups in total. The first-order valence-electron chi connectivity index (χ1n) is 11.5. The third-order valence-corrected chi connectivity index (χ3v) is 6.94. The van der Waals surface area contributed by atoms with Crippen LogP contribution in [0.3, 0.4) is 0 Å². The molecule has 0 unspecified atom stereocenters. The van der Waals surface area contributed by atoms with Gasteiger partial charge in [-0.25, -0.2) is 15.0 Å². The standard InChI is InChI=1S/C25H26N6O2S/c1-2-3-10-30-11-13-31(14-12-30)19-7-4-17(5-8-19)22-23-20(26-16-27-22)9-6-18(28-23)15-21-24(32)29-25(33)34-21/h4-9,15-16H,2-3,10-14H2,1H3,(H,29,32,33). The molecule has 2 aromatic heterocycles. The lowest BCUT2D eigenvalue weighted by molar-refractivity contribution is -0.115. The first-order chi connectivity index (χ1) is 16.6. The van der Waals surface area contributed by atoms with E-state index in [2.05, 4.69) is 56.3 Å². The average molecular weight is 475 g/mol. The van der Waals surface area contributed by atoms with Crippen molar-refractivity contribution >= 4 is 45.7 Å². The van der Waals surface area contributed by atoms with Gasteiger partial charge in [0.2, 0.25) is 0 Å². The van der Waals surface area contributed by atoms with Crippen LogP contribution in [-0.4, -0.2) is 63.7 Å². The molecule has 2 aliphatic heterocycles. The van der Waals surface area contributed by atoms with Gasteiger partial charge in [0, 0.05) is 37.4 Å². The Morgan fingerprint density at radius 3 is 2.53 bits per heavy atom. The van der Waals surface area contributed by atoms with Crippen molar-refractivity contribution in [1.29, 1.82) is 0 Å². The fourth-order valence-electron chi connectivity index (χ4n) is 4.24. The molecule has 2 amide bonds. The SMILES string of the molecule is CCCCN1CCN(c2ccc(-c3ncnc4ccc(C=C5SC(=O)NC5=O)nc34)cc2)CC1. The van der Waals surface area contributed by atoms with Crippen molar-refractivity contribution < 1.29 is 9.59 Å². The van der Waals surface area contributed by atoms with E-state index in [1.807, 2.05) is 6.07 Å². The molecule has 5 rings (SSSR count). The minimum atomic E-state index is -0.400. The van der Waals surface area contributed by atoms with Gasteiger partial charge in [-0.1, -0.05) is 25.5 Å². The van der Waals surface area contributed by atoms with E-state index in [1.165, 1.54) is 25.1 Å². The van der Waals surface area contributed by atoms with Gasteiger partial charge in [0.25, 0.3) is 11.1 Å². The molecule has 3 aromatic rings. The number of hydrogen-bond donors (Lipinski definition) is 1. The molecule has 2 saturated heterocycles. The van der Waals surface area contributed by atoms with Crippen LogP contribution in [0.25, 0.3) is 28.4 Å². The maximum absolute atomic E-state index is 11.9. The monoisotopic (exact) mass is 474 g/mol. The molecule has 0 aliphatic carbocycles. The molecule has 0 atom stereocenters. The highest BCUT2D eigenvalue weighted by atomic mass is 32.2. The second-order valence-corrected chi connectivity index (χ2v) is 9.42. The van der Waals surface area contributed by atoms with E-state index in [-0.39, 0.29) is 5.24 Å². The van der Waals surface area contributed by atoms with Gasteiger partial charge < -0.3 is 4.90 Å². The smallest absolute Gasteiger partial charge is 0.290 e. The largest absolute Gasteiger partial charge is 0.369 e. The van der Waals surface area contributed by atoms with E-state index in [0.717, 1.165) is 54.7 Å². The molecule has 0 bridgehead atoms. The summed E-state index contributed by atoms with van der Waals surface area (Å²) in [5.41, 5.74) is 4.86. The quantitative estimate of drug-likeness (QED) is 0.537. The van der Waals surface area contributed by atoms with E-state index in [4.69, 9.17) is 4.98 Å². The predicted molar refractivity (Wildman–Crippen MR) is 135 cm³/mol. The van der Waals surface area contributed by atoms with Gasteiger partial charge in [0.15, 0.2) is 0 Å². The molecule has 4 heterocycles. The Kier molecular flexibility index (Phi) is 6.55. The number of thioether (sulfide) groups is 1. The Balaban J connectivity index is 1.37. The number of rotatable bonds is 6. The van der Waals surface area contributed by atoms with Gasteiger partial charge in [0.1, 0.15) is 11.8 Å². The number of nitrogens with zero attached hydrogens (tertiary/aromatic N) is 5. The van der Waals surface area contributed by atoms with Crippen LogP contribution < -0.4 is 10.2 Å². The summed E-state index contributed by atoms with van der Waals surface area (Å²) < 4.78 is 0. The van der Waals surface area contributed by atoms with Crippen molar-refractivity contribution in [2.24, 2.45) is 0 Å². The summed E-state index contributed by atoms with van der Waals surface area (Å²) >= 11 is 0.876. The Labute approximate surface area is 202 Å². The lowest BCUT2D eigenvalue weighted by Crippen LogP contribution is -2.46. The number of unbranched alkanes of at least 4 members (excludes halogenated alkanes) is 1. The highest BCUT2D eigenvalue weighted by Crippen LogP contribution is 2.29. The minimum Gasteiger partial charge on any atom is -0.369 e. The number of carbonyl (C=O) groups is 2. The Morgan fingerprint density at radius 1 is 1.03 bits per heavy atom. The van der Waals surface area contributed by atoms with E-state index in [1.54, 1.807) is 18.5 Å². The minimum absolute atomic E-state index is 0.328. The zero-order chi connectivity index (χ0) is 23.5. The topological polar surface area (TPSA) is 91.3 Å². The van der Waals surface area contributed by atoms with Crippen LogP contribution in [0.15, 0.2) is 47.6 Å². The summed E-state index contributed by atoms with van der Waals surface area (Å²) in [5, 5.41) is 1.89. The number of benzene rings is 1. The Morgan fingerprint density at radius 2 is 1.82 bits per heavy atom. The van der Waals surface area contributed by atoms with Crippen molar-refractivity contribution in [3.8, 4) is 11.3 Å². The van der Waals surface area contributed by atoms with Crippen molar-refractivity contribution in [2.75, 3.05) is 37.6 Å². The number of imide groups is 1. The van der Waals surface area contributed by atoms with E-state index in [0.29, 0.717) is 16.1 Å². The summed E-state index contributed by atoms with van der Waals surface area (Å²) in [6.07, 6.45) is 5.66. The third kappa shape index (κ3) is 4.80. The molecule has 2 aliphatic rings. The number of nitrogens with one attached hydrogen (secondary N) is 1. The van der Waals surface area contributed by atoms with Crippen LogP contribution in [0, 0.1) is 0 Å². The summed E-state index contributed by atoms with van der Waals surface area (Å²) in [6.45, 7) is 7.70. The summed E-state index contributed by atoms with van der Waals surface area (Å²) in [5.74, 6) is -0.400. The Hall–Kier alpha value is -3.30. The molecule has 0 radical (unpaired) electrons. The average Bonchev–Trinajstić information content (AvgIpc) is 3.19. The van der Waals surface area contributed by atoms with Crippen molar-refractivity contribution in [3.63, 3.8) is 0 Å². The summed E-state index contributed by atoms with van der Waals surface area (Å²) in [7, 11) is 0. The number of piperazine rings is 1.